The Bertz CT molecular complexity index is 634. The molecule has 2 fully saturated rings. The molecule has 3 atom stereocenters. The molecule has 3 rings (SSSR count). The summed E-state index contributed by atoms with van der Waals surface area (Å²) in [5.41, 5.74) is 0.855. The predicted molar refractivity (Wildman–Crippen MR) is 88.5 cm³/mol. The number of hydrogen-bond acceptors (Lipinski definition) is 3. The number of piperazine rings is 1. The molecule has 2 amide bonds. The van der Waals surface area contributed by atoms with Gasteiger partial charge in [-0.15, -0.1) is 0 Å². The Kier molecular flexibility index (Phi) is 4.85. The van der Waals surface area contributed by atoms with Crippen LogP contribution in [0.15, 0.2) is 24.3 Å². The molecule has 0 bridgehead atoms. The van der Waals surface area contributed by atoms with E-state index in [1.807, 2.05) is 19.9 Å². The lowest BCUT2D eigenvalue weighted by Gasteiger charge is -2.35. The van der Waals surface area contributed by atoms with E-state index in [0.717, 1.165) is 5.56 Å². The summed E-state index contributed by atoms with van der Waals surface area (Å²) in [4.78, 5) is 26.6. The van der Waals surface area contributed by atoms with Gasteiger partial charge in [-0.3, -0.25) is 9.59 Å². The molecule has 1 aromatic rings. The van der Waals surface area contributed by atoms with E-state index in [2.05, 4.69) is 10.6 Å². The van der Waals surface area contributed by atoms with Crippen molar-refractivity contribution < 1.29 is 14.0 Å². The zero-order chi connectivity index (χ0) is 17.3. The summed E-state index contributed by atoms with van der Waals surface area (Å²) in [6.07, 6.45) is 1.26. The molecule has 0 unspecified atom stereocenters. The molecule has 0 aliphatic carbocycles. The molecule has 2 aliphatic heterocycles. The first-order valence-corrected chi connectivity index (χ1v) is 8.52. The topological polar surface area (TPSA) is 61.4 Å². The zero-order valence-corrected chi connectivity index (χ0v) is 14.1. The fourth-order valence-corrected chi connectivity index (χ4v) is 3.55. The minimum absolute atomic E-state index is 0.0170. The molecule has 2 N–H and O–H groups in total. The molecule has 0 spiro atoms. The molecule has 0 saturated carbocycles. The van der Waals surface area contributed by atoms with Gasteiger partial charge in [-0.25, -0.2) is 4.39 Å². The number of rotatable bonds is 5. The van der Waals surface area contributed by atoms with Crippen LogP contribution in [0.5, 0.6) is 0 Å². The van der Waals surface area contributed by atoms with Gasteiger partial charge in [0.25, 0.3) is 0 Å². The van der Waals surface area contributed by atoms with E-state index in [4.69, 9.17) is 0 Å². The quantitative estimate of drug-likeness (QED) is 0.857. The molecule has 0 radical (unpaired) electrons. The molecule has 2 heterocycles. The van der Waals surface area contributed by atoms with Gasteiger partial charge >= 0.3 is 0 Å². The van der Waals surface area contributed by atoms with Crippen LogP contribution >= 0.6 is 0 Å². The second kappa shape index (κ2) is 6.89. The highest BCUT2D eigenvalue weighted by atomic mass is 19.1. The van der Waals surface area contributed by atoms with Crippen molar-refractivity contribution in [2.45, 2.75) is 51.4 Å². The summed E-state index contributed by atoms with van der Waals surface area (Å²) in [6, 6.07) is 5.70. The van der Waals surface area contributed by atoms with Crippen molar-refractivity contribution in [3.8, 4) is 0 Å². The number of fused-ring (bicyclic) bond motifs is 1. The van der Waals surface area contributed by atoms with E-state index in [-0.39, 0.29) is 29.7 Å². The van der Waals surface area contributed by atoms with Crippen LogP contribution in [0.1, 0.15) is 32.3 Å². The third kappa shape index (κ3) is 3.59. The van der Waals surface area contributed by atoms with Crippen molar-refractivity contribution in [2.24, 2.45) is 5.92 Å². The van der Waals surface area contributed by atoms with Crippen molar-refractivity contribution in [3.05, 3.63) is 35.6 Å². The molecule has 6 heteroatoms. The van der Waals surface area contributed by atoms with Crippen LogP contribution in [-0.2, 0) is 16.1 Å². The zero-order valence-electron chi connectivity index (χ0n) is 14.1. The normalized spacial score (nSPS) is 26.7. The average molecular weight is 333 g/mol. The fourth-order valence-electron chi connectivity index (χ4n) is 3.55. The predicted octanol–water partition coefficient (Wildman–Crippen LogP) is 1.43. The number of hydrogen-bond donors (Lipinski definition) is 2. The summed E-state index contributed by atoms with van der Waals surface area (Å²) in [6.45, 7) is 5.13. The number of carbonyl (C=O) groups is 2. The second-order valence-electron chi connectivity index (χ2n) is 7.14. The summed E-state index contributed by atoms with van der Waals surface area (Å²) in [7, 11) is 0. The molecule has 2 saturated heterocycles. The van der Waals surface area contributed by atoms with Gasteiger partial charge in [0, 0.05) is 19.1 Å². The maximum absolute atomic E-state index is 13.2. The Morgan fingerprint density at radius 1 is 1.38 bits per heavy atom. The molecular weight excluding hydrogens is 309 g/mol. The summed E-state index contributed by atoms with van der Waals surface area (Å²) in [5, 5.41) is 6.20. The minimum atomic E-state index is -0.407. The largest absolute Gasteiger partial charge is 0.342 e. The van der Waals surface area contributed by atoms with Crippen LogP contribution < -0.4 is 10.6 Å². The van der Waals surface area contributed by atoms with E-state index in [1.165, 1.54) is 12.1 Å². The van der Waals surface area contributed by atoms with Crippen LogP contribution in [0.2, 0.25) is 0 Å². The third-order valence-electron chi connectivity index (χ3n) is 4.69. The molecule has 130 valence electrons. The van der Waals surface area contributed by atoms with Gasteiger partial charge < -0.3 is 15.5 Å². The van der Waals surface area contributed by atoms with Crippen LogP contribution in [0.4, 0.5) is 4.39 Å². The van der Waals surface area contributed by atoms with Gasteiger partial charge in [-0.05, 0) is 36.5 Å². The smallest absolute Gasteiger partial charge is 0.245 e. The van der Waals surface area contributed by atoms with Crippen molar-refractivity contribution in [3.63, 3.8) is 0 Å². The molecular formula is C18H24FN3O2. The first-order chi connectivity index (χ1) is 11.4. The fraction of sp³-hybridized carbons (Fsp3) is 0.556. The number of nitrogens with one attached hydrogen (secondary N) is 2. The number of amides is 2. The van der Waals surface area contributed by atoms with Crippen molar-refractivity contribution in [1.82, 2.24) is 15.5 Å². The first kappa shape index (κ1) is 16.9. The lowest BCUT2D eigenvalue weighted by molar-refractivity contribution is -0.147. The summed E-state index contributed by atoms with van der Waals surface area (Å²) in [5.74, 6) is 0.0446. The molecule has 0 aromatic heterocycles. The number of nitrogens with zero attached hydrogens (tertiary/aromatic N) is 1. The highest BCUT2D eigenvalue weighted by Crippen LogP contribution is 2.25. The van der Waals surface area contributed by atoms with Crippen LogP contribution in [-0.4, -0.2) is 41.4 Å². The minimum Gasteiger partial charge on any atom is -0.342 e. The third-order valence-corrected chi connectivity index (χ3v) is 4.69. The van der Waals surface area contributed by atoms with Gasteiger partial charge in [-0.2, -0.15) is 0 Å². The average Bonchev–Trinajstić information content (AvgIpc) is 2.95. The molecule has 2 aliphatic rings. The molecule has 1 aromatic carbocycles. The highest BCUT2D eigenvalue weighted by Gasteiger charge is 2.46. The number of benzene rings is 1. The molecule has 24 heavy (non-hydrogen) atoms. The van der Waals surface area contributed by atoms with Crippen molar-refractivity contribution in [1.29, 1.82) is 0 Å². The van der Waals surface area contributed by atoms with Gasteiger partial charge in [0.05, 0.1) is 0 Å². The first-order valence-electron chi connectivity index (χ1n) is 8.52. The van der Waals surface area contributed by atoms with Crippen LogP contribution in [0.25, 0.3) is 0 Å². The van der Waals surface area contributed by atoms with Crippen LogP contribution in [0, 0.1) is 11.7 Å². The Balaban J connectivity index is 1.61. The highest BCUT2D eigenvalue weighted by molar-refractivity contribution is 5.97. The SMILES string of the molecule is CC(C)C[C@@H]1NC(=O)[C@@H]2C[C@H](NCc3cccc(F)c3)CN2C1=O. The van der Waals surface area contributed by atoms with E-state index in [0.29, 0.717) is 31.8 Å². The Labute approximate surface area is 141 Å². The van der Waals surface area contributed by atoms with Crippen LogP contribution in [0.3, 0.4) is 0 Å². The number of halogens is 1. The van der Waals surface area contributed by atoms with E-state index in [9.17, 15) is 14.0 Å². The lowest BCUT2D eigenvalue weighted by atomic mass is 9.99. The Morgan fingerprint density at radius 2 is 2.17 bits per heavy atom. The Hall–Kier alpha value is -1.95. The molecule has 5 nitrogen and oxygen atoms in total. The van der Waals surface area contributed by atoms with E-state index >= 15 is 0 Å². The van der Waals surface area contributed by atoms with Gasteiger partial charge in [0.1, 0.15) is 17.9 Å². The van der Waals surface area contributed by atoms with Crippen molar-refractivity contribution >= 4 is 11.8 Å². The van der Waals surface area contributed by atoms with Gasteiger partial charge in [-0.1, -0.05) is 26.0 Å². The van der Waals surface area contributed by atoms with Gasteiger partial charge in [0.15, 0.2) is 0 Å². The Morgan fingerprint density at radius 3 is 2.88 bits per heavy atom. The van der Waals surface area contributed by atoms with Gasteiger partial charge in [0.2, 0.25) is 11.8 Å². The maximum Gasteiger partial charge on any atom is 0.245 e. The second-order valence-corrected chi connectivity index (χ2v) is 7.14. The summed E-state index contributed by atoms with van der Waals surface area (Å²) < 4.78 is 13.2. The standard InChI is InChI=1S/C18H24FN3O2/c1-11(2)6-15-18(24)22-10-14(8-16(22)17(23)21-15)20-9-12-4-3-5-13(19)7-12/h3-5,7,11,14-16,20H,6,8-10H2,1-2H3,(H,21,23)/t14-,15-,16-/m0/s1. The van der Waals surface area contributed by atoms with E-state index < -0.39 is 6.04 Å². The monoisotopic (exact) mass is 333 g/mol. The maximum atomic E-state index is 13.2. The number of carbonyl (C=O) groups excluding carboxylic acids is 2. The lowest BCUT2D eigenvalue weighted by Crippen LogP contribution is -2.61. The van der Waals surface area contributed by atoms with Crippen molar-refractivity contribution in [2.75, 3.05) is 6.54 Å². The van der Waals surface area contributed by atoms with E-state index in [1.54, 1.807) is 11.0 Å². The summed E-state index contributed by atoms with van der Waals surface area (Å²) >= 11 is 0.